The molecular weight excluding hydrogens is 715 g/mol. The first-order chi connectivity index (χ1) is 28.0. The van der Waals surface area contributed by atoms with Gasteiger partial charge in [-0.3, -0.25) is 8.80 Å². The number of pyridine rings is 4. The molecule has 57 heavy (non-hydrogen) atoms. The molecule has 0 aliphatic carbocycles. The Labute approximate surface area is 327 Å². The zero-order valence-corrected chi connectivity index (χ0v) is 31.9. The lowest BCUT2D eigenvalue weighted by Gasteiger charge is -2.22. The van der Waals surface area contributed by atoms with Gasteiger partial charge in [0.2, 0.25) is 5.82 Å². The lowest BCUT2D eigenvalue weighted by Crippen LogP contribution is -2.29. The van der Waals surface area contributed by atoms with Gasteiger partial charge in [-0.1, -0.05) is 24.3 Å². The molecule has 9 aromatic rings. The fourth-order valence-electron chi connectivity index (χ4n) is 8.19. The quantitative estimate of drug-likeness (QED) is 0.246. The van der Waals surface area contributed by atoms with E-state index in [-0.39, 0.29) is 0 Å². The second-order valence-corrected chi connectivity index (χ2v) is 14.9. The van der Waals surface area contributed by atoms with Crippen molar-refractivity contribution >= 4 is 67.1 Å². The summed E-state index contributed by atoms with van der Waals surface area (Å²) in [4.78, 5) is 29.1. The second-order valence-electron chi connectivity index (χ2n) is 14.9. The number of aromatic nitrogens is 10. The van der Waals surface area contributed by atoms with E-state index < -0.39 is 0 Å². The third-order valence-electron chi connectivity index (χ3n) is 11.2. The monoisotopic (exact) mass is 755 g/mol. The molecule has 1 N–H and O–H groups in total. The minimum atomic E-state index is 0.525. The van der Waals surface area contributed by atoms with Crippen LogP contribution in [0.4, 0.5) is 11.6 Å². The van der Waals surface area contributed by atoms with Crippen molar-refractivity contribution < 1.29 is 0 Å². The van der Waals surface area contributed by atoms with E-state index in [0.717, 1.165) is 132 Å². The van der Waals surface area contributed by atoms with Crippen LogP contribution in [-0.4, -0.2) is 126 Å². The van der Waals surface area contributed by atoms with Crippen LogP contribution in [0.5, 0.6) is 0 Å². The van der Waals surface area contributed by atoms with E-state index in [1.54, 1.807) is 0 Å². The number of H-pyrrole nitrogens is 1. The highest BCUT2D eigenvalue weighted by atomic mass is 15.5. The summed E-state index contributed by atoms with van der Waals surface area (Å²) in [7, 11) is 4.35. The minimum Gasteiger partial charge on any atom is -0.355 e. The fourth-order valence-corrected chi connectivity index (χ4v) is 8.19. The number of imidazole rings is 2. The van der Waals surface area contributed by atoms with Crippen LogP contribution in [-0.2, 0) is 0 Å². The van der Waals surface area contributed by atoms with Crippen LogP contribution < -0.4 is 9.80 Å². The average molecular weight is 756 g/mol. The number of hydrogen-bond donors (Lipinski definition) is 1. The summed E-state index contributed by atoms with van der Waals surface area (Å²) in [5, 5.41) is 26.2. The van der Waals surface area contributed by atoms with Gasteiger partial charge in [0.05, 0.1) is 33.2 Å². The summed E-state index contributed by atoms with van der Waals surface area (Å²) in [6, 6.07) is 30.7. The number of tetrazole rings is 1. The SMILES string of the molecule is CN1CCCN(c2ccc3cc(-c4nn[nH]n4)c4nc5ccccc5n4c3n2)CC1.CN1CCCN(c2ccc3cc(C#N)c4nc5ccccc5n4c3n2)CC1. The lowest BCUT2D eigenvalue weighted by atomic mass is 10.2. The summed E-state index contributed by atoms with van der Waals surface area (Å²) in [6.07, 6.45) is 2.27. The van der Waals surface area contributed by atoms with Gasteiger partial charge < -0.3 is 19.6 Å². The number of para-hydroxylation sites is 4. The normalized spacial score (nSPS) is 16.0. The van der Waals surface area contributed by atoms with E-state index >= 15 is 0 Å². The molecule has 0 spiro atoms. The Morgan fingerprint density at radius 3 is 1.72 bits per heavy atom. The predicted molar refractivity (Wildman–Crippen MR) is 223 cm³/mol. The number of hydrogen-bond acceptors (Lipinski definition) is 12. The number of nitrogens with one attached hydrogen (secondary N) is 1. The van der Waals surface area contributed by atoms with Crippen LogP contribution in [0.25, 0.3) is 66.8 Å². The van der Waals surface area contributed by atoms with Gasteiger partial charge in [0.1, 0.15) is 29.0 Å². The zero-order chi connectivity index (χ0) is 38.5. The Hall–Kier alpha value is -6.76. The number of anilines is 2. The van der Waals surface area contributed by atoms with Crippen molar-refractivity contribution in [1.82, 2.24) is 59.2 Å². The molecule has 15 heteroatoms. The highest BCUT2D eigenvalue weighted by molar-refractivity contribution is 5.96. The van der Waals surface area contributed by atoms with Crippen LogP contribution in [0, 0.1) is 11.3 Å². The number of likely N-dealkylation sites (N-methyl/N-ethyl adjacent to an activating group) is 2. The Balaban J connectivity index is 0.000000140. The van der Waals surface area contributed by atoms with Crippen molar-refractivity contribution in [2.24, 2.45) is 0 Å². The molecule has 284 valence electrons. The van der Waals surface area contributed by atoms with Crippen molar-refractivity contribution in [1.29, 1.82) is 5.26 Å². The maximum Gasteiger partial charge on any atom is 0.208 e. The molecule has 2 saturated heterocycles. The zero-order valence-electron chi connectivity index (χ0n) is 31.9. The maximum atomic E-state index is 9.60. The van der Waals surface area contributed by atoms with Crippen LogP contribution in [0.1, 0.15) is 18.4 Å². The molecule has 2 aliphatic rings. The fraction of sp³-hybridized carbons (Fsp3) is 0.286. The van der Waals surface area contributed by atoms with Gasteiger partial charge in [-0.2, -0.15) is 10.5 Å². The molecule has 15 nitrogen and oxygen atoms in total. The van der Waals surface area contributed by atoms with Crippen molar-refractivity contribution in [3.05, 3.63) is 90.5 Å². The molecule has 2 aromatic carbocycles. The van der Waals surface area contributed by atoms with Crippen LogP contribution >= 0.6 is 0 Å². The van der Waals surface area contributed by atoms with Crippen molar-refractivity contribution in [2.75, 3.05) is 76.3 Å². The smallest absolute Gasteiger partial charge is 0.208 e. The summed E-state index contributed by atoms with van der Waals surface area (Å²) in [5.41, 5.74) is 8.40. The molecule has 2 aliphatic heterocycles. The van der Waals surface area contributed by atoms with E-state index in [4.69, 9.17) is 15.0 Å². The van der Waals surface area contributed by atoms with Gasteiger partial charge in [-0.15, -0.1) is 10.2 Å². The minimum absolute atomic E-state index is 0.525. The Bertz CT molecular complexity index is 2960. The standard InChI is InChI=1S/C21H21N9.C21H20N6/c1-28-9-4-10-29(12-11-28)18-8-7-14-13-15(19-24-26-27-25-19)21-22-16-5-2-3-6-17(16)30(21)20(14)23-18;1-25-9-4-10-26(12-11-25)19-8-7-15-13-16(14-22)21-23-17-5-2-3-6-18(17)27(21)20(15)24-19/h2-3,5-8,13H,4,9-12H2,1H3,(H,24,25,26,27);2-3,5-8,13H,4,9-12H2,1H3. The van der Waals surface area contributed by atoms with Gasteiger partial charge in [0.15, 0.2) is 11.3 Å². The number of nitriles is 1. The number of benzene rings is 2. The van der Waals surface area contributed by atoms with Gasteiger partial charge in [0, 0.05) is 50.0 Å². The molecule has 2 fully saturated rings. The highest BCUT2D eigenvalue weighted by Crippen LogP contribution is 2.32. The molecule has 0 atom stereocenters. The van der Waals surface area contributed by atoms with Crippen molar-refractivity contribution in [3.63, 3.8) is 0 Å². The molecule has 0 amide bonds. The van der Waals surface area contributed by atoms with Gasteiger partial charge in [-0.05, 0) is 106 Å². The van der Waals surface area contributed by atoms with Gasteiger partial charge in [-0.25, -0.2) is 19.9 Å². The van der Waals surface area contributed by atoms with Gasteiger partial charge in [0.25, 0.3) is 0 Å². The molecule has 0 radical (unpaired) electrons. The highest BCUT2D eigenvalue weighted by Gasteiger charge is 2.21. The number of aromatic amines is 1. The number of fused-ring (bicyclic) bond motifs is 10. The predicted octanol–water partition coefficient (Wildman–Crippen LogP) is 5.41. The molecule has 0 unspecified atom stereocenters. The van der Waals surface area contributed by atoms with Gasteiger partial charge >= 0.3 is 0 Å². The summed E-state index contributed by atoms with van der Waals surface area (Å²) in [6.45, 7) is 8.28. The molecule has 9 heterocycles. The van der Waals surface area contributed by atoms with E-state index in [9.17, 15) is 5.26 Å². The van der Waals surface area contributed by atoms with Crippen LogP contribution in [0.2, 0.25) is 0 Å². The second kappa shape index (κ2) is 14.4. The third kappa shape index (κ3) is 6.28. The van der Waals surface area contributed by atoms with E-state index in [1.165, 1.54) is 0 Å². The first-order valence-electron chi connectivity index (χ1n) is 19.5. The van der Waals surface area contributed by atoms with E-state index in [1.807, 2.05) is 59.0 Å². The van der Waals surface area contributed by atoms with E-state index in [2.05, 4.69) is 100 Å². The maximum absolute atomic E-state index is 9.60. The first kappa shape index (κ1) is 34.7. The molecule has 0 saturated carbocycles. The molecule has 0 bridgehead atoms. The van der Waals surface area contributed by atoms with Crippen LogP contribution in [0.3, 0.4) is 0 Å². The first-order valence-corrected chi connectivity index (χ1v) is 19.5. The topological polar surface area (TPSA) is 152 Å². The number of rotatable bonds is 3. The molecule has 7 aromatic heterocycles. The summed E-state index contributed by atoms with van der Waals surface area (Å²) in [5.74, 6) is 2.52. The number of nitrogens with zero attached hydrogens (tertiary/aromatic N) is 14. The summed E-state index contributed by atoms with van der Waals surface area (Å²) < 4.78 is 4.14. The Morgan fingerprint density at radius 2 is 1.14 bits per heavy atom. The van der Waals surface area contributed by atoms with Crippen LogP contribution in [0.15, 0.2) is 84.9 Å². The third-order valence-corrected chi connectivity index (χ3v) is 11.2. The Morgan fingerprint density at radius 1 is 0.579 bits per heavy atom. The molecular formula is C42H41N15. The Kier molecular flexibility index (Phi) is 8.76. The van der Waals surface area contributed by atoms with E-state index in [0.29, 0.717) is 17.0 Å². The average Bonchev–Trinajstić information content (AvgIpc) is 3.93. The van der Waals surface area contributed by atoms with Crippen molar-refractivity contribution in [2.45, 2.75) is 12.8 Å². The molecule has 11 rings (SSSR count). The largest absolute Gasteiger partial charge is 0.355 e. The van der Waals surface area contributed by atoms with Crippen molar-refractivity contribution in [3.8, 4) is 17.5 Å². The lowest BCUT2D eigenvalue weighted by molar-refractivity contribution is 0.360. The summed E-state index contributed by atoms with van der Waals surface area (Å²) >= 11 is 0.